The maximum atomic E-state index is 15.1. The number of esters is 1. The summed E-state index contributed by atoms with van der Waals surface area (Å²) >= 11 is 3.59. The summed E-state index contributed by atoms with van der Waals surface area (Å²) in [5, 5.41) is 0.833. The number of aromatic nitrogens is 3. The van der Waals surface area contributed by atoms with E-state index in [0.717, 1.165) is 14.5 Å². The van der Waals surface area contributed by atoms with Crippen molar-refractivity contribution >= 4 is 51.2 Å². The minimum Gasteiger partial charge on any atom is -0.465 e. The van der Waals surface area contributed by atoms with Gasteiger partial charge in [-0.05, 0) is 77.7 Å². The molecular formula is C29H24F2IN3O3S. The van der Waals surface area contributed by atoms with Crippen LogP contribution in [0.15, 0.2) is 71.9 Å². The number of hydrogen-bond acceptors (Lipinski definition) is 5. The molecular weight excluding hydrogens is 635 g/mol. The molecule has 0 fully saturated rings. The van der Waals surface area contributed by atoms with Gasteiger partial charge in [0.2, 0.25) is 0 Å². The molecule has 5 aromatic rings. The Hall–Kier alpha value is -3.38. The lowest BCUT2D eigenvalue weighted by molar-refractivity contribution is -0.142. The SMILES string of the molecule is CSc1c(Oc2ccc(F)c(-c3ncc(C(C)(COC(C)=O)c4cccc(I)c4)[nH]3)c2)c(F)cc2[nH]ccc12. The summed E-state index contributed by atoms with van der Waals surface area (Å²) in [5.41, 5.74) is 1.59. The third kappa shape index (κ3) is 5.40. The van der Waals surface area contributed by atoms with Crippen LogP contribution in [0.1, 0.15) is 25.1 Å². The molecule has 10 heteroatoms. The van der Waals surface area contributed by atoms with Crippen LogP contribution >= 0.6 is 34.4 Å². The Morgan fingerprint density at radius 3 is 2.69 bits per heavy atom. The molecule has 0 aliphatic carbocycles. The van der Waals surface area contributed by atoms with Gasteiger partial charge in [0.25, 0.3) is 0 Å². The average Bonchev–Trinajstić information content (AvgIpc) is 3.59. The van der Waals surface area contributed by atoms with Crippen molar-refractivity contribution < 1.29 is 23.0 Å². The molecule has 1 atom stereocenters. The molecule has 2 aromatic heterocycles. The van der Waals surface area contributed by atoms with Gasteiger partial charge >= 0.3 is 5.97 Å². The van der Waals surface area contributed by atoms with Gasteiger partial charge in [0.05, 0.1) is 15.9 Å². The summed E-state index contributed by atoms with van der Waals surface area (Å²) < 4.78 is 42.5. The highest BCUT2D eigenvalue weighted by Gasteiger charge is 2.33. The van der Waals surface area contributed by atoms with E-state index < -0.39 is 23.0 Å². The van der Waals surface area contributed by atoms with Crippen LogP contribution in [0.25, 0.3) is 22.3 Å². The molecule has 1 unspecified atom stereocenters. The molecule has 0 spiro atoms. The first kappa shape index (κ1) is 27.2. The number of halogens is 3. The number of carbonyl (C=O) groups is 1. The molecule has 0 aliphatic rings. The number of aromatic amines is 2. The molecule has 2 N–H and O–H groups in total. The molecule has 0 bridgehead atoms. The van der Waals surface area contributed by atoms with E-state index in [1.165, 1.54) is 43.0 Å². The van der Waals surface area contributed by atoms with E-state index in [4.69, 9.17) is 9.47 Å². The molecule has 3 aromatic carbocycles. The number of nitrogens with zero attached hydrogens (tertiary/aromatic N) is 1. The fraction of sp³-hybridized carbons (Fsp3) is 0.172. The smallest absolute Gasteiger partial charge is 0.302 e. The fourth-order valence-electron chi connectivity index (χ4n) is 4.42. The van der Waals surface area contributed by atoms with Gasteiger partial charge in [-0.25, -0.2) is 13.8 Å². The minimum atomic E-state index is -0.773. The van der Waals surface area contributed by atoms with Crippen LogP contribution in [0.3, 0.4) is 0 Å². The molecule has 0 aliphatic heterocycles. The Labute approximate surface area is 241 Å². The van der Waals surface area contributed by atoms with E-state index in [-0.39, 0.29) is 29.5 Å². The molecule has 5 rings (SSSR count). The second kappa shape index (κ2) is 11.0. The van der Waals surface area contributed by atoms with Crippen LogP contribution in [-0.4, -0.2) is 33.8 Å². The topological polar surface area (TPSA) is 80.0 Å². The minimum absolute atomic E-state index is 0.0636. The van der Waals surface area contributed by atoms with Gasteiger partial charge < -0.3 is 19.4 Å². The van der Waals surface area contributed by atoms with Gasteiger partial charge in [0.15, 0.2) is 11.6 Å². The summed E-state index contributed by atoms with van der Waals surface area (Å²) in [6.45, 7) is 3.35. The summed E-state index contributed by atoms with van der Waals surface area (Å²) in [4.78, 5) is 23.0. The standard InChI is InChI=1S/C29H24F2IN3O3S/c1-16(36)37-15-29(2,17-5-4-6-18(32)11-17)25-14-34-28(35-25)21-12-19(7-8-22(21)30)38-26-23(31)13-24-20(9-10-33-24)27(26)39-3/h4-14,33H,15H2,1-3H3,(H,34,35). The normalized spacial score (nSPS) is 12.9. The number of nitrogens with one attached hydrogen (secondary N) is 2. The van der Waals surface area contributed by atoms with E-state index in [1.807, 2.05) is 43.5 Å². The number of thioether (sulfide) groups is 1. The highest BCUT2D eigenvalue weighted by atomic mass is 127. The lowest BCUT2D eigenvalue weighted by Gasteiger charge is -2.28. The van der Waals surface area contributed by atoms with Crippen molar-refractivity contribution in [2.24, 2.45) is 0 Å². The number of benzene rings is 3. The monoisotopic (exact) mass is 659 g/mol. The van der Waals surface area contributed by atoms with Crippen LogP contribution in [0.2, 0.25) is 0 Å². The number of imidazole rings is 1. The number of hydrogen-bond donors (Lipinski definition) is 2. The zero-order valence-corrected chi connectivity index (χ0v) is 24.2. The van der Waals surface area contributed by atoms with Gasteiger partial charge in [0, 0.05) is 45.6 Å². The van der Waals surface area contributed by atoms with Gasteiger partial charge in [-0.15, -0.1) is 11.8 Å². The lowest BCUT2D eigenvalue weighted by Crippen LogP contribution is -2.31. The first-order valence-electron chi connectivity index (χ1n) is 12.0. The largest absolute Gasteiger partial charge is 0.465 e. The Morgan fingerprint density at radius 1 is 1.13 bits per heavy atom. The maximum absolute atomic E-state index is 15.1. The van der Waals surface area contributed by atoms with E-state index in [9.17, 15) is 9.18 Å². The Morgan fingerprint density at radius 2 is 1.95 bits per heavy atom. The van der Waals surface area contributed by atoms with Gasteiger partial charge in [-0.3, -0.25) is 4.79 Å². The second-order valence-corrected chi connectivity index (χ2v) is 11.2. The van der Waals surface area contributed by atoms with Crippen LogP contribution in [0.5, 0.6) is 11.5 Å². The third-order valence-electron chi connectivity index (χ3n) is 6.53. The average molecular weight is 659 g/mol. The summed E-state index contributed by atoms with van der Waals surface area (Å²) in [5.74, 6) is -0.866. The first-order chi connectivity index (χ1) is 18.7. The van der Waals surface area contributed by atoms with Crippen molar-refractivity contribution in [3.05, 3.63) is 93.5 Å². The zero-order valence-electron chi connectivity index (χ0n) is 21.3. The molecule has 6 nitrogen and oxygen atoms in total. The first-order valence-corrected chi connectivity index (χ1v) is 14.3. The van der Waals surface area contributed by atoms with E-state index >= 15 is 4.39 Å². The molecule has 39 heavy (non-hydrogen) atoms. The predicted octanol–water partition coefficient (Wildman–Crippen LogP) is 7.82. The van der Waals surface area contributed by atoms with E-state index in [2.05, 4.69) is 37.5 Å². The van der Waals surface area contributed by atoms with Crippen molar-refractivity contribution in [3.63, 3.8) is 0 Å². The number of rotatable bonds is 8. The summed E-state index contributed by atoms with van der Waals surface area (Å²) in [6, 6.07) is 15.3. The van der Waals surface area contributed by atoms with Crippen molar-refractivity contribution in [2.75, 3.05) is 12.9 Å². The number of carbonyl (C=O) groups excluding carboxylic acids is 1. The fourth-order valence-corrected chi connectivity index (χ4v) is 5.69. The summed E-state index contributed by atoms with van der Waals surface area (Å²) in [6.07, 6.45) is 5.19. The van der Waals surface area contributed by atoms with Gasteiger partial charge in [0.1, 0.15) is 24.0 Å². The quantitative estimate of drug-likeness (QED) is 0.101. The lowest BCUT2D eigenvalue weighted by atomic mass is 9.80. The van der Waals surface area contributed by atoms with E-state index in [0.29, 0.717) is 16.1 Å². The highest BCUT2D eigenvalue weighted by molar-refractivity contribution is 14.1. The van der Waals surface area contributed by atoms with Gasteiger partial charge in [-0.2, -0.15) is 0 Å². The maximum Gasteiger partial charge on any atom is 0.302 e. The molecule has 2 heterocycles. The molecule has 0 radical (unpaired) electrons. The van der Waals surface area contributed by atoms with Crippen molar-refractivity contribution in [3.8, 4) is 22.9 Å². The van der Waals surface area contributed by atoms with Crippen LogP contribution in [-0.2, 0) is 14.9 Å². The number of ether oxygens (including phenoxy) is 2. The summed E-state index contributed by atoms with van der Waals surface area (Å²) in [7, 11) is 0. The Kier molecular flexibility index (Phi) is 7.68. The predicted molar refractivity (Wildman–Crippen MR) is 156 cm³/mol. The Balaban J connectivity index is 1.52. The van der Waals surface area contributed by atoms with Gasteiger partial charge in [-0.1, -0.05) is 12.1 Å². The molecule has 0 saturated heterocycles. The van der Waals surface area contributed by atoms with Crippen molar-refractivity contribution in [1.82, 2.24) is 15.0 Å². The third-order valence-corrected chi connectivity index (χ3v) is 8.02. The molecule has 200 valence electrons. The highest BCUT2D eigenvalue weighted by Crippen LogP contribution is 2.41. The van der Waals surface area contributed by atoms with Crippen LogP contribution in [0.4, 0.5) is 8.78 Å². The zero-order chi connectivity index (χ0) is 27.7. The van der Waals surface area contributed by atoms with E-state index in [1.54, 1.807) is 12.4 Å². The Bertz CT molecular complexity index is 1690. The second-order valence-electron chi connectivity index (χ2n) is 9.17. The molecule has 0 amide bonds. The number of H-pyrrole nitrogens is 2. The van der Waals surface area contributed by atoms with Crippen molar-refractivity contribution in [1.29, 1.82) is 0 Å². The molecule has 0 saturated carbocycles. The van der Waals surface area contributed by atoms with Crippen molar-refractivity contribution in [2.45, 2.75) is 24.2 Å². The van der Waals surface area contributed by atoms with Crippen LogP contribution in [0, 0.1) is 15.2 Å². The number of fused-ring (bicyclic) bond motifs is 1. The van der Waals surface area contributed by atoms with Crippen LogP contribution < -0.4 is 4.74 Å².